The van der Waals surface area contributed by atoms with E-state index in [9.17, 15) is 4.79 Å². The van der Waals surface area contributed by atoms with Crippen LogP contribution in [0.15, 0.2) is 54.6 Å². The van der Waals surface area contributed by atoms with Gasteiger partial charge >= 0.3 is 0 Å². The summed E-state index contributed by atoms with van der Waals surface area (Å²) in [6.45, 7) is 6.53. The van der Waals surface area contributed by atoms with Gasteiger partial charge in [-0.2, -0.15) is 0 Å². The number of benzene rings is 2. The Morgan fingerprint density at radius 1 is 1.04 bits per heavy atom. The number of carbonyl (C=O) groups is 1. The summed E-state index contributed by atoms with van der Waals surface area (Å²) in [5.74, 6) is 0.0730. The van der Waals surface area contributed by atoms with Crippen molar-refractivity contribution in [2.24, 2.45) is 0 Å². The first-order chi connectivity index (χ1) is 11.1. The number of rotatable bonds is 7. The molecule has 0 saturated heterocycles. The zero-order valence-corrected chi connectivity index (χ0v) is 14.3. The van der Waals surface area contributed by atoms with Crippen LogP contribution in [-0.4, -0.2) is 18.5 Å². The van der Waals surface area contributed by atoms with Crippen LogP contribution in [0.2, 0.25) is 0 Å². The minimum absolute atomic E-state index is 0.0730. The van der Waals surface area contributed by atoms with Crippen molar-refractivity contribution in [3.05, 3.63) is 60.2 Å². The molecular weight excluding hydrogens is 284 g/mol. The maximum Gasteiger partial charge on any atom is 0.246 e. The molecule has 0 spiro atoms. The summed E-state index contributed by atoms with van der Waals surface area (Å²) in [7, 11) is 0. The van der Waals surface area contributed by atoms with Crippen molar-refractivity contribution < 1.29 is 4.79 Å². The van der Waals surface area contributed by atoms with Crippen LogP contribution in [0, 0.1) is 0 Å². The van der Waals surface area contributed by atoms with Crippen LogP contribution >= 0.6 is 0 Å². The second kappa shape index (κ2) is 8.37. The fourth-order valence-electron chi connectivity index (χ4n) is 2.66. The highest BCUT2D eigenvalue weighted by atomic mass is 16.2. The summed E-state index contributed by atoms with van der Waals surface area (Å²) in [6.07, 6.45) is 2.24. The van der Waals surface area contributed by atoms with Gasteiger partial charge in [-0.3, -0.25) is 4.79 Å². The van der Waals surface area contributed by atoms with Gasteiger partial charge in [0.15, 0.2) is 0 Å². The lowest BCUT2D eigenvalue weighted by Gasteiger charge is -2.27. The van der Waals surface area contributed by atoms with E-state index in [2.05, 4.69) is 24.4 Å². The molecule has 3 nitrogen and oxygen atoms in total. The summed E-state index contributed by atoms with van der Waals surface area (Å²) in [5, 5.41) is 3.23. The van der Waals surface area contributed by atoms with E-state index >= 15 is 0 Å². The number of aryl methyl sites for hydroxylation is 1. The SMILES string of the molecule is CCCc1ccc(NCC(=O)N(c2ccccc2)C(C)C)cc1. The first-order valence-electron chi connectivity index (χ1n) is 8.31. The second-order valence-corrected chi connectivity index (χ2v) is 5.99. The average Bonchev–Trinajstić information content (AvgIpc) is 2.55. The Balaban J connectivity index is 1.99. The molecule has 2 rings (SSSR count). The molecule has 0 bridgehead atoms. The van der Waals surface area contributed by atoms with E-state index in [4.69, 9.17) is 0 Å². The third-order valence-electron chi connectivity index (χ3n) is 3.76. The van der Waals surface area contributed by atoms with E-state index in [1.54, 1.807) is 0 Å². The van der Waals surface area contributed by atoms with Crippen LogP contribution in [0.5, 0.6) is 0 Å². The van der Waals surface area contributed by atoms with Gasteiger partial charge in [0.2, 0.25) is 5.91 Å². The first kappa shape index (κ1) is 17.1. The van der Waals surface area contributed by atoms with Crippen molar-refractivity contribution >= 4 is 17.3 Å². The Hall–Kier alpha value is -2.29. The van der Waals surface area contributed by atoms with Crippen LogP contribution in [0.1, 0.15) is 32.8 Å². The van der Waals surface area contributed by atoms with Gasteiger partial charge in [0.1, 0.15) is 0 Å². The molecule has 122 valence electrons. The van der Waals surface area contributed by atoms with E-state index < -0.39 is 0 Å². The van der Waals surface area contributed by atoms with E-state index in [0.717, 1.165) is 24.2 Å². The molecule has 0 aliphatic carbocycles. The molecule has 0 heterocycles. The van der Waals surface area contributed by atoms with E-state index in [1.807, 2.05) is 61.2 Å². The van der Waals surface area contributed by atoms with Crippen LogP contribution in [-0.2, 0) is 11.2 Å². The molecule has 0 aliphatic rings. The van der Waals surface area contributed by atoms with Gasteiger partial charge in [-0.25, -0.2) is 0 Å². The molecule has 23 heavy (non-hydrogen) atoms. The molecule has 0 radical (unpaired) electrons. The maximum absolute atomic E-state index is 12.6. The molecule has 1 N–H and O–H groups in total. The summed E-state index contributed by atoms with van der Waals surface area (Å²) >= 11 is 0. The first-order valence-corrected chi connectivity index (χ1v) is 8.31. The number of amides is 1. The summed E-state index contributed by atoms with van der Waals surface area (Å²) in [6, 6.07) is 18.3. The van der Waals surface area contributed by atoms with E-state index in [1.165, 1.54) is 5.56 Å². The molecule has 0 atom stereocenters. The lowest BCUT2D eigenvalue weighted by molar-refractivity contribution is -0.117. The van der Waals surface area contributed by atoms with Crippen LogP contribution in [0.3, 0.4) is 0 Å². The number of nitrogens with zero attached hydrogens (tertiary/aromatic N) is 1. The lowest BCUT2D eigenvalue weighted by atomic mass is 10.1. The molecule has 0 aromatic heterocycles. The lowest BCUT2D eigenvalue weighted by Crippen LogP contribution is -2.40. The van der Waals surface area contributed by atoms with Crippen molar-refractivity contribution in [1.29, 1.82) is 0 Å². The Morgan fingerprint density at radius 2 is 1.70 bits per heavy atom. The predicted molar refractivity (Wildman–Crippen MR) is 98.0 cm³/mol. The number of nitrogens with one attached hydrogen (secondary N) is 1. The van der Waals surface area contributed by atoms with Crippen molar-refractivity contribution in [1.82, 2.24) is 0 Å². The third kappa shape index (κ3) is 4.85. The second-order valence-electron chi connectivity index (χ2n) is 5.99. The Labute approximate surface area is 139 Å². The monoisotopic (exact) mass is 310 g/mol. The van der Waals surface area contributed by atoms with Crippen LogP contribution in [0.25, 0.3) is 0 Å². The quantitative estimate of drug-likeness (QED) is 0.817. The molecule has 3 heteroatoms. The van der Waals surface area contributed by atoms with Gasteiger partial charge in [-0.15, -0.1) is 0 Å². The van der Waals surface area contributed by atoms with Gasteiger partial charge in [0, 0.05) is 17.4 Å². The predicted octanol–water partition coefficient (Wildman–Crippen LogP) is 4.49. The molecule has 2 aromatic carbocycles. The highest BCUT2D eigenvalue weighted by molar-refractivity contribution is 5.96. The zero-order chi connectivity index (χ0) is 16.7. The molecular formula is C20H26N2O. The van der Waals surface area contributed by atoms with Crippen molar-refractivity contribution in [2.45, 2.75) is 39.7 Å². The van der Waals surface area contributed by atoms with Crippen molar-refractivity contribution in [3.63, 3.8) is 0 Å². The number of hydrogen-bond acceptors (Lipinski definition) is 2. The Bertz CT molecular complexity index is 605. The third-order valence-corrected chi connectivity index (χ3v) is 3.76. The molecule has 0 aliphatic heterocycles. The maximum atomic E-state index is 12.6. The van der Waals surface area contributed by atoms with Crippen LogP contribution in [0.4, 0.5) is 11.4 Å². The average molecular weight is 310 g/mol. The summed E-state index contributed by atoms with van der Waals surface area (Å²) < 4.78 is 0. The zero-order valence-electron chi connectivity index (χ0n) is 14.3. The number of hydrogen-bond donors (Lipinski definition) is 1. The van der Waals surface area contributed by atoms with Gasteiger partial charge in [-0.05, 0) is 50.1 Å². The molecule has 0 saturated carbocycles. The standard InChI is InChI=1S/C20H26N2O/c1-4-8-17-11-13-18(14-12-17)21-15-20(23)22(16(2)3)19-9-6-5-7-10-19/h5-7,9-14,16,21H,4,8,15H2,1-3H3. The number of carbonyl (C=O) groups excluding carboxylic acids is 1. The molecule has 0 unspecified atom stereocenters. The largest absolute Gasteiger partial charge is 0.376 e. The fourth-order valence-corrected chi connectivity index (χ4v) is 2.66. The summed E-state index contributed by atoms with van der Waals surface area (Å²) in [4.78, 5) is 14.4. The van der Waals surface area contributed by atoms with Crippen molar-refractivity contribution in [3.8, 4) is 0 Å². The van der Waals surface area contributed by atoms with Gasteiger partial charge in [-0.1, -0.05) is 43.7 Å². The van der Waals surface area contributed by atoms with Crippen molar-refractivity contribution in [2.75, 3.05) is 16.8 Å². The Morgan fingerprint density at radius 3 is 2.26 bits per heavy atom. The minimum atomic E-state index is 0.0730. The van der Waals surface area contributed by atoms with Crippen LogP contribution < -0.4 is 10.2 Å². The van der Waals surface area contributed by atoms with E-state index in [0.29, 0.717) is 6.54 Å². The van der Waals surface area contributed by atoms with E-state index in [-0.39, 0.29) is 11.9 Å². The number of para-hydroxylation sites is 1. The minimum Gasteiger partial charge on any atom is -0.376 e. The van der Waals surface area contributed by atoms with Gasteiger partial charge < -0.3 is 10.2 Å². The highest BCUT2D eigenvalue weighted by Gasteiger charge is 2.18. The fraction of sp³-hybridized carbons (Fsp3) is 0.350. The topological polar surface area (TPSA) is 32.3 Å². The summed E-state index contributed by atoms with van der Waals surface area (Å²) in [5.41, 5.74) is 3.25. The number of anilines is 2. The van der Waals surface area contributed by atoms with Gasteiger partial charge in [0.05, 0.1) is 6.54 Å². The molecule has 1 amide bonds. The highest BCUT2D eigenvalue weighted by Crippen LogP contribution is 2.17. The van der Waals surface area contributed by atoms with Gasteiger partial charge in [0.25, 0.3) is 0 Å². The molecule has 0 fully saturated rings. The molecule has 2 aromatic rings. The Kier molecular flexibility index (Phi) is 6.21. The normalized spacial score (nSPS) is 10.6. The smallest absolute Gasteiger partial charge is 0.246 e.